The summed E-state index contributed by atoms with van der Waals surface area (Å²) in [6, 6.07) is 12.9. The van der Waals surface area contributed by atoms with Gasteiger partial charge in [0.1, 0.15) is 0 Å². The highest BCUT2D eigenvalue weighted by Crippen LogP contribution is 2.34. The van der Waals surface area contributed by atoms with Crippen molar-refractivity contribution in [3.63, 3.8) is 0 Å². The average Bonchev–Trinajstić information content (AvgIpc) is 3.28. The van der Waals surface area contributed by atoms with Crippen LogP contribution in [0.4, 0.5) is 11.6 Å². The number of nitrogens with zero attached hydrogens (tertiary/aromatic N) is 3. The monoisotopic (exact) mass is 520 g/mol. The van der Waals surface area contributed by atoms with Gasteiger partial charge in [0, 0.05) is 21.8 Å². The molecule has 4 aromatic rings. The number of halogens is 1. The molecule has 1 aliphatic rings. The van der Waals surface area contributed by atoms with Crippen molar-refractivity contribution >= 4 is 55.3 Å². The van der Waals surface area contributed by atoms with Crippen LogP contribution >= 0.6 is 22.9 Å². The van der Waals surface area contributed by atoms with Crippen LogP contribution < -0.4 is 11.0 Å². The first-order valence-corrected chi connectivity index (χ1v) is 12.6. The standard InChI is InChI=1S/C30H21ClN4OS/c1-4-21(19-12-8-7-9-13-19)22(5-2)23(6-3)24-14-10-11-15-25(24)32-28-33-29(36)35-26-18-20(31)16-17-27(26)37-30(35)34-28/h3-5,7-12,14-18H,1-2,13H2,(H,32,33,36)/b21-19-,23-22+. The van der Waals surface area contributed by atoms with Gasteiger partial charge in [0.15, 0.2) is 0 Å². The van der Waals surface area contributed by atoms with Crippen LogP contribution in [0, 0.1) is 12.3 Å². The Labute approximate surface area is 223 Å². The zero-order valence-corrected chi connectivity index (χ0v) is 21.3. The van der Waals surface area contributed by atoms with Crippen LogP contribution in [0.15, 0.2) is 114 Å². The van der Waals surface area contributed by atoms with Gasteiger partial charge < -0.3 is 5.32 Å². The molecule has 2 heterocycles. The molecular formula is C30H21ClN4OS. The second-order valence-electron chi connectivity index (χ2n) is 8.10. The number of benzene rings is 2. The summed E-state index contributed by atoms with van der Waals surface area (Å²) >= 11 is 7.52. The number of terminal acetylenes is 1. The second-order valence-corrected chi connectivity index (χ2v) is 9.55. The Morgan fingerprint density at radius 3 is 2.73 bits per heavy atom. The van der Waals surface area contributed by atoms with Gasteiger partial charge in [0.05, 0.1) is 10.2 Å². The van der Waals surface area contributed by atoms with Crippen molar-refractivity contribution < 1.29 is 0 Å². The summed E-state index contributed by atoms with van der Waals surface area (Å²) in [5.41, 5.74) is 5.08. The Balaban J connectivity index is 1.63. The van der Waals surface area contributed by atoms with E-state index in [0.29, 0.717) is 26.8 Å². The number of thiazole rings is 1. The first-order valence-electron chi connectivity index (χ1n) is 11.4. The highest BCUT2D eigenvalue weighted by molar-refractivity contribution is 7.23. The summed E-state index contributed by atoms with van der Waals surface area (Å²) in [6.45, 7) is 8.05. The largest absolute Gasteiger partial charge is 0.357 e. The van der Waals surface area contributed by atoms with Crippen LogP contribution in [0.5, 0.6) is 0 Å². The Bertz CT molecular complexity index is 1810. The molecule has 37 heavy (non-hydrogen) atoms. The molecule has 1 N–H and O–H groups in total. The van der Waals surface area contributed by atoms with Gasteiger partial charge in [-0.25, -0.2) is 9.20 Å². The zero-order valence-electron chi connectivity index (χ0n) is 19.7. The quantitative estimate of drug-likeness (QED) is 0.214. The van der Waals surface area contributed by atoms with Crippen LogP contribution in [0.1, 0.15) is 12.0 Å². The maximum Gasteiger partial charge on any atom is 0.357 e. The molecule has 0 radical (unpaired) electrons. The molecule has 0 unspecified atom stereocenters. The minimum atomic E-state index is -0.450. The molecule has 0 saturated carbocycles. The summed E-state index contributed by atoms with van der Waals surface area (Å²) in [5, 5.41) is 3.74. The number of anilines is 2. The van der Waals surface area contributed by atoms with E-state index in [4.69, 9.17) is 18.0 Å². The number of nitrogens with one attached hydrogen (secondary N) is 1. The van der Waals surface area contributed by atoms with Gasteiger partial charge in [0.2, 0.25) is 10.9 Å². The minimum absolute atomic E-state index is 0.175. The van der Waals surface area contributed by atoms with E-state index < -0.39 is 5.69 Å². The van der Waals surface area contributed by atoms with E-state index in [0.717, 1.165) is 33.4 Å². The van der Waals surface area contributed by atoms with Crippen LogP contribution in [0.2, 0.25) is 5.02 Å². The van der Waals surface area contributed by atoms with Crippen molar-refractivity contribution in [1.82, 2.24) is 14.4 Å². The second kappa shape index (κ2) is 10.3. The van der Waals surface area contributed by atoms with Gasteiger partial charge in [-0.15, -0.1) is 6.42 Å². The van der Waals surface area contributed by atoms with Crippen LogP contribution in [0.3, 0.4) is 0 Å². The third-order valence-corrected chi connectivity index (χ3v) is 7.19. The number of rotatable bonds is 6. The molecule has 5 rings (SSSR count). The molecule has 5 nitrogen and oxygen atoms in total. The smallest absolute Gasteiger partial charge is 0.323 e. The molecule has 0 saturated heterocycles. The molecule has 0 atom stereocenters. The molecule has 180 valence electrons. The van der Waals surface area contributed by atoms with Crippen molar-refractivity contribution in [2.45, 2.75) is 6.42 Å². The normalized spacial score (nSPS) is 14.8. The van der Waals surface area contributed by atoms with E-state index in [2.05, 4.69) is 40.4 Å². The van der Waals surface area contributed by atoms with Gasteiger partial charge in [0.25, 0.3) is 0 Å². The molecule has 0 amide bonds. The number of aromatic nitrogens is 3. The van der Waals surface area contributed by atoms with E-state index in [-0.39, 0.29) is 5.95 Å². The van der Waals surface area contributed by atoms with Crippen LogP contribution in [0.25, 0.3) is 20.8 Å². The molecule has 0 fully saturated rings. The zero-order chi connectivity index (χ0) is 25.9. The Kier molecular flexibility index (Phi) is 6.74. The van der Waals surface area contributed by atoms with Gasteiger partial charge in [-0.05, 0) is 47.4 Å². The average molecular weight is 521 g/mol. The van der Waals surface area contributed by atoms with Crippen molar-refractivity contribution in [1.29, 1.82) is 0 Å². The maximum atomic E-state index is 13.0. The fourth-order valence-electron chi connectivity index (χ4n) is 4.27. The Morgan fingerprint density at radius 2 is 2.00 bits per heavy atom. The van der Waals surface area contributed by atoms with E-state index >= 15 is 0 Å². The SMILES string of the molecule is C#C/C(=C(C=C)\C(C=C)=C1\C=CC=CC1)c1ccccc1Nc1nc(=O)n2c(n1)sc1ccc(Cl)cc12. The number of fused-ring (bicyclic) bond motifs is 3. The van der Waals surface area contributed by atoms with Crippen molar-refractivity contribution in [3.05, 3.63) is 130 Å². The van der Waals surface area contributed by atoms with Crippen molar-refractivity contribution in [2.75, 3.05) is 5.32 Å². The summed E-state index contributed by atoms with van der Waals surface area (Å²) < 4.78 is 2.35. The van der Waals surface area contributed by atoms with Crippen molar-refractivity contribution in [3.8, 4) is 12.3 Å². The fraction of sp³-hybridized carbons (Fsp3) is 0.0333. The highest BCUT2D eigenvalue weighted by atomic mass is 35.5. The van der Waals surface area contributed by atoms with Crippen molar-refractivity contribution in [2.24, 2.45) is 0 Å². The lowest BCUT2D eigenvalue weighted by molar-refractivity contribution is 0.991. The van der Waals surface area contributed by atoms with Crippen LogP contribution in [-0.2, 0) is 0 Å². The maximum absolute atomic E-state index is 13.0. The molecule has 0 bridgehead atoms. The van der Waals surface area contributed by atoms with E-state index in [1.54, 1.807) is 24.3 Å². The first kappa shape index (κ1) is 24.3. The predicted octanol–water partition coefficient (Wildman–Crippen LogP) is 7.27. The number of hydrogen-bond donors (Lipinski definition) is 1. The van der Waals surface area contributed by atoms with Gasteiger partial charge in [-0.2, -0.15) is 9.97 Å². The summed E-state index contributed by atoms with van der Waals surface area (Å²) in [7, 11) is 0. The third-order valence-electron chi connectivity index (χ3n) is 5.93. The number of allylic oxidation sites excluding steroid dienone is 10. The summed E-state index contributed by atoms with van der Waals surface area (Å²) in [6.07, 6.45) is 18.5. The third kappa shape index (κ3) is 4.58. The van der Waals surface area contributed by atoms with E-state index in [1.807, 2.05) is 48.6 Å². The number of hydrogen-bond acceptors (Lipinski definition) is 5. The minimum Gasteiger partial charge on any atom is -0.323 e. The lowest BCUT2D eigenvalue weighted by Gasteiger charge is -2.16. The van der Waals surface area contributed by atoms with Gasteiger partial charge >= 0.3 is 5.69 Å². The highest BCUT2D eigenvalue weighted by Gasteiger charge is 2.16. The van der Waals surface area contributed by atoms with E-state index in [1.165, 1.54) is 15.7 Å². The van der Waals surface area contributed by atoms with Crippen LogP contribution in [-0.4, -0.2) is 14.4 Å². The van der Waals surface area contributed by atoms with Gasteiger partial charge in [-0.3, -0.25) is 0 Å². The molecule has 0 aliphatic heterocycles. The lowest BCUT2D eigenvalue weighted by atomic mass is 9.89. The molecule has 2 aromatic heterocycles. The molecular weight excluding hydrogens is 500 g/mol. The molecule has 1 aliphatic carbocycles. The molecule has 2 aromatic carbocycles. The lowest BCUT2D eigenvalue weighted by Crippen LogP contribution is -2.18. The van der Waals surface area contributed by atoms with E-state index in [9.17, 15) is 4.79 Å². The van der Waals surface area contributed by atoms with Gasteiger partial charge in [-0.1, -0.05) is 96.7 Å². The predicted molar refractivity (Wildman–Crippen MR) is 155 cm³/mol. The Hall–Kier alpha value is -4.44. The molecule has 0 spiro atoms. The summed E-state index contributed by atoms with van der Waals surface area (Å²) in [5.74, 6) is 3.02. The topological polar surface area (TPSA) is 59.3 Å². The number of para-hydroxylation sites is 1. The first-order chi connectivity index (χ1) is 18.0. The molecule has 7 heteroatoms. The fourth-order valence-corrected chi connectivity index (χ4v) is 5.43. The summed E-state index contributed by atoms with van der Waals surface area (Å²) in [4.78, 5) is 22.3. The Morgan fingerprint density at radius 1 is 1.16 bits per heavy atom.